The molecule has 0 spiro atoms. The Morgan fingerprint density at radius 2 is 2.17 bits per heavy atom. The molecule has 104 valence electrons. The zero-order chi connectivity index (χ0) is 13.0. The van der Waals surface area contributed by atoms with Crippen LogP contribution in [-0.2, 0) is 4.74 Å². The zero-order valence-corrected chi connectivity index (χ0v) is 11.1. The van der Waals surface area contributed by atoms with E-state index in [1.54, 1.807) is 0 Å². The van der Waals surface area contributed by atoms with E-state index < -0.39 is 5.54 Å². The largest absolute Gasteiger partial charge is 0.394 e. The molecular formula is C13H24N2O3. The van der Waals surface area contributed by atoms with E-state index in [-0.39, 0.29) is 24.8 Å². The lowest BCUT2D eigenvalue weighted by molar-refractivity contribution is 0.0846. The number of carbonyl (C=O) groups is 1. The van der Waals surface area contributed by atoms with Crippen LogP contribution in [0.4, 0.5) is 4.79 Å². The van der Waals surface area contributed by atoms with Gasteiger partial charge in [0.15, 0.2) is 0 Å². The minimum atomic E-state index is -0.402. The molecule has 1 saturated carbocycles. The number of carbonyl (C=O) groups excluding carboxylic acids is 1. The van der Waals surface area contributed by atoms with Crippen LogP contribution in [0.25, 0.3) is 0 Å². The van der Waals surface area contributed by atoms with Gasteiger partial charge in [-0.25, -0.2) is 4.79 Å². The third kappa shape index (κ3) is 3.14. The topological polar surface area (TPSA) is 70.6 Å². The average Bonchev–Trinajstić information content (AvgIpc) is 2.99. The van der Waals surface area contributed by atoms with E-state index in [4.69, 9.17) is 4.74 Å². The first-order valence-electron chi connectivity index (χ1n) is 6.96. The van der Waals surface area contributed by atoms with E-state index in [1.807, 2.05) is 6.92 Å². The normalized spacial score (nSPS) is 28.0. The van der Waals surface area contributed by atoms with Gasteiger partial charge < -0.3 is 20.5 Å². The van der Waals surface area contributed by atoms with Crippen LogP contribution in [0.5, 0.6) is 0 Å². The third-order valence-corrected chi connectivity index (χ3v) is 4.12. The molecule has 0 aromatic heterocycles. The van der Waals surface area contributed by atoms with Crippen molar-refractivity contribution in [3.05, 3.63) is 0 Å². The van der Waals surface area contributed by atoms with Crippen LogP contribution in [0, 0.1) is 0 Å². The number of aliphatic hydroxyl groups is 1. The van der Waals surface area contributed by atoms with Crippen LogP contribution in [0.15, 0.2) is 0 Å². The van der Waals surface area contributed by atoms with Gasteiger partial charge in [-0.15, -0.1) is 0 Å². The zero-order valence-electron chi connectivity index (χ0n) is 11.1. The number of rotatable bonds is 4. The van der Waals surface area contributed by atoms with Gasteiger partial charge in [-0.3, -0.25) is 0 Å². The molecule has 0 radical (unpaired) electrons. The molecule has 1 aliphatic heterocycles. The van der Waals surface area contributed by atoms with Gasteiger partial charge in [-0.1, -0.05) is 12.8 Å². The number of hydrogen-bond acceptors (Lipinski definition) is 3. The van der Waals surface area contributed by atoms with Gasteiger partial charge in [0.2, 0.25) is 0 Å². The highest BCUT2D eigenvalue weighted by Gasteiger charge is 2.35. The molecule has 18 heavy (non-hydrogen) atoms. The number of ether oxygens (including phenoxy) is 1. The molecule has 2 rings (SSSR count). The summed E-state index contributed by atoms with van der Waals surface area (Å²) in [6.07, 6.45) is 6.08. The second-order valence-corrected chi connectivity index (χ2v) is 5.58. The average molecular weight is 256 g/mol. The summed E-state index contributed by atoms with van der Waals surface area (Å²) in [5, 5.41) is 15.3. The van der Waals surface area contributed by atoms with Crippen molar-refractivity contribution in [2.75, 3.05) is 13.2 Å². The fourth-order valence-corrected chi connectivity index (χ4v) is 2.95. The van der Waals surface area contributed by atoms with Gasteiger partial charge in [0, 0.05) is 6.61 Å². The van der Waals surface area contributed by atoms with Crippen LogP contribution in [0.1, 0.15) is 45.4 Å². The molecule has 3 N–H and O–H groups in total. The maximum Gasteiger partial charge on any atom is 0.315 e. The fourth-order valence-electron chi connectivity index (χ4n) is 2.95. The van der Waals surface area contributed by atoms with Crippen molar-refractivity contribution in [3.8, 4) is 0 Å². The predicted molar refractivity (Wildman–Crippen MR) is 68.4 cm³/mol. The number of hydrogen-bond donors (Lipinski definition) is 3. The summed E-state index contributed by atoms with van der Waals surface area (Å²) in [7, 11) is 0. The highest BCUT2D eigenvalue weighted by atomic mass is 16.5. The van der Waals surface area contributed by atoms with Crippen LogP contribution < -0.4 is 10.6 Å². The van der Waals surface area contributed by atoms with E-state index >= 15 is 0 Å². The third-order valence-electron chi connectivity index (χ3n) is 4.12. The van der Waals surface area contributed by atoms with Crippen molar-refractivity contribution in [1.82, 2.24) is 10.6 Å². The van der Waals surface area contributed by atoms with Crippen molar-refractivity contribution >= 4 is 6.03 Å². The van der Waals surface area contributed by atoms with E-state index in [0.717, 1.165) is 45.1 Å². The SMILES string of the molecule is CC(NC(=O)NC1(CO)CCCC1)C1CCCO1. The monoisotopic (exact) mass is 256 g/mol. The molecule has 0 bridgehead atoms. The quantitative estimate of drug-likeness (QED) is 0.707. The Morgan fingerprint density at radius 3 is 2.72 bits per heavy atom. The molecular weight excluding hydrogens is 232 g/mol. The first-order valence-corrected chi connectivity index (χ1v) is 6.96. The van der Waals surface area contributed by atoms with E-state index in [1.165, 1.54) is 0 Å². The highest BCUT2D eigenvalue weighted by Crippen LogP contribution is 2.29. The Hall–Kier alpha value is -0.810. The molecule has 5 nitrogen and oxygen atoms in total. The molecule has 2 atom stereocenters. The highest BCUT2D eigenvalue weighted by molar-refractivity contribution is 5.75. The van der Waals surface area contributed by atoms with Crippen molar-refractivity contribution in [3.63, 3.8) is 0 Å². The lowest BCUT2D eigenvalue weighted by Crippen LogP contribution is -2.55. The van der Waals surface area contributed by atoms with Crippen molar-refractivity contribution in [1.29, 1.82) is 0 Å². The summed E-state index contributed by atoms with van der Waals surface area (Å²) in [6, 6.07) is -0.168. The Balaban J connectivity index is 1.80. The number of nitrogens with one attached hydrogen (secondary N) is 2. The summed E-state index contributed by atoms with van der Waals surface area (Å²) >= 11 is 0. The van der Waals surface area contributed by atoms with Crippen LogP contribution in [0.3, 0.4) is 0 Å². The predicted octanol–water partition coefficient (Wildman–Crippen LogP) is 1.16. The van der Waals surface area contributed by atoms with Crippen molar-refractivity contribution in [2.45, 2.75) is 63.1 Å². The lowest BCUT2D eigenvalue weighted by Gasteiger charge is -2.29. The van der Waals surface area contributed by atoms with E-state index in [0.29, 0.717) is 0 Å². The summed E-state index contributed by atoms with van der Waals surface area (Å²) in [4.78, 5) is 11.9. The Morgan fingerprint density at radius 1 is 1.44 bits per heavy atom. The van der Waals surface area contributed by atoms with E-state index in [9.17, 15) is 9.90 Å². The minimum absolute atomic E-state index is 0.0182. The molecule has 1 saturated heterocycles. The van der Waals surface area contributed by atoms with Gasteiger partial charge in [0.1, 0.15) is 0 Å². The van der Waals surface area contributed by atoms with Gasteiger partial charge >= 0.3 is 6.03 Å². The van der Waals surface area contributed by atoms with Gasteiger partial charge in [-0.05, 0) is 32.6 Å². The molecule has 2 amide bonds. The van der Waals surface area contributed by atoms with Gasteiger partial charge in [0.05, 0.1) is 24.3 Å². The summed E-state index contributed by atoms with van der Waals surface area (Å²) < 4.78 is 5.55. The fraction of sp³-hybridized carbons (Fsp3) is 0.923. The summed E-state index contributed by atoms with van der Waals surface area (Å²) in [6.45, 7) is 2.78. The second kappa shape index (κ2) is 5.89. The van der Waals surface area contributed by atoms with Gasteiger partial charge in [-0.2, -0.15) is 0 Å². The second-order valence-electron chi connectivity index (χ2n) is 5.58. The van der Waals surface area contributed by atoms with E-state index in [2.05, 4.69) is 10.6 Å². The maximum absolute atomic E-state index is 11.9. The Bertz CT molecular complexity index is 284. The summed E-state index contributed by atoms with van der Waals surface area (Å²) in [5.74, 6) is 0. The molecule has 1 heterocycles. The Labute approximate surface area is 108 Å². The van der Waals surface area contributed by atoms with Crippen LogP contribution >= 0.6 is 0 Å². The van der Waals surface area contributed by atoms with Crippen molar-refractivity contribution in [2.24, 2.45) is 0 Å². The van der Waals surface area contributed by atoms with Crippen molar-refractivity contribution < 1.29 is 14.6 Å². The minimum Gasteiger partial charge on any atom is -0.394 e. The van der Waals surface area contributed by atoms with Crippen LogP contribution in [-0.4, -0.2) is 42.0 Å². The van der Waals surface area contributed by atoms with Gasteiger partial charge in [0.25, 0.3) is 0 Å². The maximum atomic E-state index is 11.9. The molecule has 0 aromatic rings. The lowest BCUT2D eigenvalue weighted by atomic mass is 9.99. The first-order chi connectivity index (χ1) is 8.65. The number of aliphatic hydroxyl groups excluding tert-OH is 1. The molecule has 2 fully saturated rings. The molecule has 1 aliphatic carbocycles. The van der Waals surface area contributed by atoms with Crippen LogP contribution in [0.2, 0.25) is 0 Å². The summed E-state index contributed by atoms with van der Waals surface area (Å²) in [5.41, 5.74) is -0.402. The molecule has 2 unspecified atom stereocenters. The number of urea groups is 1. The molecule has 5 heteroatoms. The smallest absolute Gasteiger partial charge is 0.315 e. The number of amides is 2. The standard InChI is InChI=1S/C13H24N2O3/c1-10(11-5-4-8-18-11)14-12(17)15-13(9-16)6-2-3-7-13/h10-11,16H,2-9H2,1H3,(H2,14,15,17). The molecule has 2 aliphatic rings. The Kier molecular flexibility index (Phi) is 4.45. The first kappa shape index (κ1) is 13.6. The molecule has 0 aromatic carbocycles.